The molecule has 0 aromatic heterocycles. The van der Waals surface area contributed by atoms with E-state index in [1.165, 1.54) is 18.2 Å². The van der Waals surface area contributed by atoms with Gasteiger partial charge in [0.05, 0.1) is 5.56 Å². The highest BCUT2D eigenvalue weighted by molar-refractivity contribution is 9.10. The van der Waals surface area contributed by atoms with Gasteiger partial charge in [0.1, 0.15) is 17.8 Å². The van der Waals surface area contributed by atoms with Gasteiger partial charge in [-0.25, -0.2) is 9.59 Å². The predicted octanol–water partition coefficient (Wildman–Crippen LogP) is 2.07. The van der Waals surface area contributed by atoms with Crippen LogP contribution in [0, 0.1) is 0 Å². The summed E-state index contributed by atoms with van der Waals surface area (Å²) >= 11 is 3.15. The second kappa shape index (κ2) is 7.76. The molecule has 0 saturated carbocycles. The molecule has 0 heterocycles. The Balaban J connectivity index is 2.72. The van der Waals surface area contributed by atoms with Crippen LogP contribution in [0.3, 0.4) is 0 Å². The highest BCUT2D eigenvalue weighted by atomic mass is 79.9. The summed E-state index contributed by atoms with van der Waals surface area (Å²) in [6.07, 6.45) is -3.40. The SMILES string of the molecule is CC(C)(C)OC(=O)NCC(O)C(O)c1cc(Br)cc(C(=O)O)c1. The highest BCUT2D eigenvalue weighted by Crippen LogP contribution is 2.23. The molecule has 0 radical (unpaired) electrons. The van der Waals surface area contributed by atoms with E-state index in [1.54, 1.807) is 20.8 Å². The van der Waals surface area contributed by atoms with E-state index in [2.05, 4.69) is 21.2 Å². The number of aromatic carboxylic acids is 1. The summed E-state index contributed by atoms with van der Waals surface area (Å²) in [7, 11) is 0. The van der Waals surface area contributed by atoms with E-state index in [0.717, 1.165) is 0 Å². The third-order valence-electron chi connectivity index (χ3n) is 2.73. The van der Waals surface area contributed by atoms with Crippen LogP contribution in [-0.2, 0) is 4.74 Å². The van der Waals surface area contributed by atoms with Gasteiger partial charge in [0.2, 0.25) is 0 Å². The molecule has 1 aromatic rings. The summed E-state index contributed by atoms with van der Waals surface area (Å²) < 4.78 is 5.47. The molecular weight excluding hydrogens is 370 g/mol. The standard InChI is InChI=1S/C15H20BrNO6/c1-15(2,3)23-14(22)17-7-11(18)12(19)8-4-9(13(20)21)6-10(16)5-8/h4-6,11-12,18-19H,7H2,1-3H3,(H,17,22)(H,20,21). The van der Waals surface area contributed by atoms with Crippen LogP contribution < -0.4 is 5.32 Å². The number of ether oxygens (including phenoxy) is 1. The van der Waals surface area contributed by atoms with Crippen LogP contribution >= 0.6 is 15.9 Å². The van der Waals surface area contributed by atoms with Crippen molar-refractivity contribution in [2.24, 2.45) is 0 Å². The molecule has 128 valence electrons. The summed E-state index contributed by atoms with van der Waals surface area (Å²) in [6, 6.07) is 4.13. The van der Waals surface area contributed by atoms with Crippen molar-refractivity contribution in [1.29, 1.82) is 0 Å². The number of carbonyl (C=O) groups excluding carboxylic acids is 1. The third kappa shape index (κ3) is 6.55. The zero-order valence-electron chi connectivity index (χ0n) is 13.0. The van der Waals surface area contributed by atoms with Gasteiger partial charge in [0, 0.05) is 11.0 Å². The first-order chi connectivity index (χ1) is 10.5. The number of benzene rings is 1. The molecule has 1 rings (SSSR count). The van der Waals surface area contributed by atoms with Crippen LogP contribution in [0.1, 0.15) is 42.8 Å². The van der Waals surface area contributed by atoms with Gasteiger partial charge in [-0.15, -0.1) is 0 Å². The van der Waals surface area contributed by atoms with E-state index < -0.39 is 29.9 Å². The lowest BCUT2D eigenvalue weighted by Gasteiger charge is -2.22. The van der Waals surface area contributed by atoms with Crippen LogP contribution in [0.5, 0.6) is 0 Å². The van der Waals surface area contributed by atoms with Gasteiger partial charge in [0.25, 0.3) is 0 Å². The number of amides is 1. The smallest absolute Gasteiger partial charge is 0.407 e. The van der Waals surface area contributed by atoms with Crippen LogP contribution in [0.25, 0.3) is 0 Å². The first-order valence-electron chi connectivity index (χ1n) is 6.86. The van der Waals surface area contributed by atoms with Crippen molar-refractivity contribution in [3.8, 4) is 0 Å². The molecule has 0 fully saturated rings. The van der Waals surface area contributed by atoms with Crippen molar-refractivity contribution in [3.05, 3.63) is 33.8 Å². The van der Waals surface area contributed by atoms with E-state index in [1.807, 2.05) is 0 Å². The number of aliphatic hydroxyl groups excluding tert-OH is 2. The minimum atomic E-state index is -1.36. The molecule has 7 nitrogen and oxygen atoms in total. The minimum absolute atomic E-state index is 0.0271. The number of aliphatic hydroxyl groups is 2. The largest absolute Gasteiger partial charge is 0.478 e. The zero-order valence-corrected chi connectivity index (χ0v) is 14.6. The first kappa shape index (κ1) is 19.4. The molecule has 8 heteroatoms. The lowest BCUT2D eigenvalue weighted by atomic mass is 10.0. The zero-order chi connectivity index (χ0) is 17.8. The van der Waals surface area contributed by atoms with Crippen molar-refractivity contribution in [1.82, 2.24) is 5.32 Å². The number of carbonyl (C=O) groups is 2. The number of hydrogen-bond acceptors (Lipinski definition) is 5. The van der Waals surface area contributed by atoms with Crippen molar-refractivity contribution >= 4 is 28.0 Å². The van der Waals surface area contributed by atoms with Crippen molar-refractivity contribution in [2.75, 3.05) is 6.54 Å². The van der Waals surface area contributed by atoms with Gasteiger partial charge in [-0.05, 0) is 44.5 Å². The molecule has 4 N–H and O–H groups in total. The number of carboxylic acids is 1. The summed E-state index contributed by atoms with van der Waals surface area (Å²) in [6.45, 7) is 4.86. The Morgan fingerprint density at radius 2 is 1.87 bits per heavy atom. The highest BCUT2D eigenvalue weighted by Gasteiger charge is 2.22. The van der Waals surface area contributed by atoms with E-state index in [9.17, 15) is 19.8 Å². The Morgan fingerprint density at radius 1 is 1.26 bits per heavy atom. The van der Waals surface area contributed by atoms with Crippen molar-refractivity contribution in [3.63, 3.8) is 0 Å². The molecule has 23 heavy (non-hydrogen) atoms. The Labute approximate surface area is 142 Å². The Kier molecular flexibility index (Phi) is 6.55. The Morgan fingerprint density at radius 3 is 2.39 bits per heavy atom. The molecule has 0 saturated heterocycles. The average molecular weight is 390 g/mol. The Bertz CT molecular complexity index is 584. The molecule has 1 aromatic carbocycles. The second-order valence-corrected chi connectivity index (χ2v) is 6.89. The fraction of sp³-hybridized carbons (Fsp3) is 0.467. The number of hydrogen-bond donors (Lipinski definition) is 4. The second-order valence-electron chi connectivity index (χ2n) is 5.97. The van der Waals surface area contributed by atoms with Gasteiger partial charge in [-0.2, -0.15) is 0 Å². The molecule has 1 amide bonds. The number of alkyl carbamates (subject to hydrolysis) is 1. The maximum atomic E-state index is 11.5. The number of halogens is 1. The van der Waals surface area contributed by atoms with Crippen molar-refractivity contribution in [2.45, 2.75) is 38.6 Å². The van der Waals surface area contributed by atoms with Gasteiger partial charge in [-0.1, -0.05) is 15.9 Å². The lowest BCUT2D eigenvalue weighted by Crippen LogP contribution is -2.38. The fourth-order valence-electron chi connectivity index (χ4n) is 1.74. The Hall–Kier alpha value is -1.64. The topological polar surface area (TPSA) is 116 Å². The number of carboxylic acid groups (broad SMARTS) is 1. The summed E-state index contributed by atoms with van der Waals surface area (Å²) in [4.78, 5) is 22.5. The molecule has 0 spiro atoms. The third-order valence-corrected chi connectivity index (χ3v) is 3.19. The molecule has 2 atom stereocenters. The lowest BCUT2D eigenvalue weighted by molar-refractivity contribution is 0.0129. The molecule has 0 aliphatic rings. The molecule has 0 bridgehead atoms. The summed E-state index contributed by atoms with van der Waals surface area (Å²) in [5, 5.41) is 31.4. The normalized spacial score (nSPS) is 14.0. The first-order valence-corrected chi connectivity index (χ1v) is 7.65. The average Bonchev–Trinajstić information content (AvgIpc) is 2.41. The van der Waals surface area contributed by atoms with Gasteiger partial charge >= 0.3 is 12.1 Å². The monoisotopic (exact) mass is 389 g/mol. The number of nitrogens with one attached hydrogen (secondary N) is 1. The fourth-order valence-corrected chi connectivity index (χ4v) is 2.25. The molecule has 2 unspecified atom stereocenters. The molecule has 0 aliphatic carbocycles. The van der Waals surface area contributed by atoms with Crippen LogP contribution in [-0.4, -0.2) is 45.6 Å². The number of rotatable bonds is 5. The van der Waals surface area contributed by atoms with Crippen molar-refractivity contribution < 1.29 is 29.6 Å². The summed E-state index contributed by atoms with van der Waals surface area (Å²) in [5.74, 6) is -1.15. The molecule has 0 aliphatic heterocycles. The van der Waals surface area contributed by atoms with Crippen LogP contribution in [0.4, 0.5) is 4.79 Å². The maximum absolute atomic E-state index is 11.5. The maximum Gasteiger partial charge on any atom is 0.407 e. The predicted molar refractivity (Wildman–Crippen MR) is 86.3 cm³/mol. The van der Waals surface area contributed by atoms with Gasteiger partial charge in [-0.3, -0.25) is 0 Å². The van der Waals surface area contributed by atoms with E-state index >= 15 is 0 Å². The van der Waals surface area contributed by atoms with E-state index in [0.29, 0.717) is 4.47 Å². The van der Waals surface area contributed by atoms with Crippen LogP contribution in [0.2, 0.25) is 0 Å². The van der Waals surface area contributed by atoms with Crippen LogP contribution in [0.15, 0.2) is 22.7 Å². The summed E-state index contributed by atoms with van der Waals surface area (Å²) in [5.41, 5.74) is -0.482. The van der Waals surface area contributed by atoms with E-state index in [4.69, 9.17) is 9.84 Å². The minimum Gasteiger partial charge on any atom is -0.478 e. The van der Waals surface area contributed by atoms with E-state index in [-0.39, 0.29) is 17.7 Å². The molecular formula is C15H20BrNO6. The quantitative estimate of drug-likeness (QED) is 0.612. The van der Waals surface area contributed by atoms with Gasteiger partial charge < -0.3 is 25.4 Å². The van der Waals surface area contributed by atoms with Gasteiger partial charge in [0.15, 0.2) is 0 Å².